The largest absolute Gasteiger partial charge is 0.352 e. The van der Waals surface area contributed by atoms with Crippen LogP contribution in [0.4, 0.5) is 0 Å². The molecule has 0 radical (unpaired) electrons. The van der Waals surface area contributed by atoms with E-state index >= 15 is 0 Å². The molecule has 4 rings (SSSR count). The molecule has 0 aliphatic carbocycles. The lowest BCUT2D eigenvalue weighted by Crippen LogP contribution is -1.83. The number of aromatic amines is 1. The quantitative estimate of drug-likeness (QED) is 0.474. The minimum atomic E-state index is 0.621. The lowest BCUT2D eigenvalue weighted by molar-refractivity contribution is 1.49. The van der Waals surface area contributed by atoms with Crippen LogP contribution in [-0.4, -0.2) is 9.97 Å². The van der Waals surface area contributed by atoms with E-state index in [-0.39, 0.29) is 0 Å². The number of hydrogen-bond acceptors (Lipinski definition) is 1. The summed E-state index contributed by atoms with van der Waals surface area (Å²) >= 11 is 12.7. The fourth-order valence-electron chi connectivity index (χ4n) is 2.47. The van der Waals surface area contributed by atoms with Crippen molar-refractivity contribution in [2.75, 3.05) is 0 Å². The minimum absolute atomic E-state index is 0.621. The first-order chi connectivity index (χ1) is 9.25. The molecular formula is C15H8Cl2N2. The monoisotopic (exact) mass is 286 g/mol. The summed E-state index contributed by atoms with van der Waals surface area (Å²) < 4.78 is 0. The van der Waals surface area contributed by atoms with E-state index in [0.29, 0.717) is 10.0 Å². The first-order valence-corrected chi connectivity index (χ1v) is 6.65. The number of nitrogens with zero attached hydrogens (tertiary/aromatic N) is 1. The van der Waals surface area contributed by atoms with Gasteiger partial charge in [-0.2, -0.15) is 0 Å². The zero-order valence-electron chi connectivity index (χ0n) is 9.74. The van der Waals surface area contributed by atoms with Gasteiger partial charge in [0, 0.05) is 16.3 Å². The lowest BCUT2D eigenvalue weighted by Gasteiger charge is -2.03. The van der Waals surface area contributed by atoms with Crippen LogP contribution < -0.4 is 0 Å². The number of aromatic nitrogens is 2. The van der Waals surface area contributed by atoms with Crippen molar-refractivity contribution >= 4 is 56.0 Å². The molecule has 4 heteroatoms. The molecule has 0 aliphatic heterocycles. The van der Waals surface area contributed by atoms with Gasteiger partial charge in [-0.05, 0) is 18.2 Å². The smallest absolute Gasteiger partial charge is 0.0980 e. The predicted molar refractivity (Wildman–Crippen MR) is 81.1 cm³/mol. The van der Waals surface area contributed by atoms with Gasteiger partial charge >= 0.3 is 0 Å². The molecule has 4 aromatic rings. The first-order valence-electron chi connectivity index (χ1n) is 5.90. The first kappa shape index (κ1) is 11.1. The average molecular weight is 287 g/mol. The van der Waals surface area contributed by atoms with Crippen molar-refractivity contribution in [1.29, 1.82) is 0 Å². The van der Waals surface area contributed by atoms with Crippen LogP contribution in [0.3, 0.4) is 0 Å². The number of pyridine rings is 1. The van der Waals surface area contributed by atoms with Crippen molar-refractivity contribution in [3.05, 3.63) is 52.5 Å². The van der Waals surface area contributed by atoms with Gasteiger partial charge in [-0.3, -0.25) is 0 Å². The fourth-order valence-corrected chi connectivity index (χ4v) is 3.12. The van der Waals surface area contributed by atoms with E-state index < -0.39 is 0 Å². The van der Waals surface area contributed by atoms with E-state index in [2.05, 4.69) is 9.97 Å². The zero-order chi connectivity index (χ0) is 13.0. The highest BCUT2D eigenvalue weighted by atomic mass is 35.5. The summed E-state index contributed by atoms with van der Waals surface area (Å²) in [4.78, 5) is 8.00. The van der Waals surface area contributed by atoms with Crippen LogP contribution in [0.15, 0.2) is 42.5 Å². The second-order valence-electron chi connectivity index (χ2n) is 4.45. The van der Waals surface area contributed by atoms with Gasteiger partial charge in [0.2, 0.25) is 0 Å². The molecule has 0 saturated carbocycles. The minimum Gasteiger partial charge on any atom is -0.352 e. The molecule has 2 aromatic carbocycles. The number of hydrogen-bond donors (Lipinski definition) is 1. The molecule has 0 bridgehead atoms. The Morgan fingerprint density at radius 3 is 2.68 bits per heavy atom. The molecule has 1 N–H and O–H groups in total. The Kier molecular flexibility index (Phi) is 2.25. The average Bonchev–Trinajstić information content (AvgIpc) is 2.78. The fraction of sp³-hybridized carbons (Fsp3) is 0. The standard InChI is InChI=1S/C15H8Cl2N2/c16-9-5-3-7-11-12(9)13(17)15-14(19-11)8-4-1-2-6-10(8)18-15/h1-7,18H. The van der Waals surface area contributed by atoms with Crippen LogP contribution in [0, 0.1) is 0 Å². The highest BCUT2D eigenvalue weighted by molar-refractivity contribution is 6.45. The Bertz CT molecular complexity index is 941. The summed E-state index contributed by atoms with van der Waals surface area (Å²) in [5.41, 5.74) is 3.56. The van der Waals surface area contributed by atoms with Gasteiger partial charge in [-0.1, -0.05) is 47.5 Å². The van der Waals surface area contributed by atoms with Gasteiger partial charge in [0.1, 0.15) is 0 Å². The summed E-state index contributed by atoms with van der Waals surface area (Å²) in [5, 5.41) is 3.11. The number of rotatable bonds is 0. The molecule has 0 amide bonds. The van der Waals surface area contributed by atoms with Crippen LogP contribution in [0.25, 0.3) is 32.8 Å². The summed E-state index contributed by atoms with van der Waals surface area (Å²) in [6.07, 6.45) is 0. The van der Waals surface area contributed by atoms with Gasteiger partial charge in [0.15, 0.2) is 0 Å². The van der Waals surface area contributed by atoms with Crippen molar-refractivity contribution in [3.8, 4) is 0 Å². The number of fused-ring (bicyclic) bond motifs is 4. The van der Waals surface area contributed by atoms with Crippen LogP contribution in [0.5, 0.6) is 0 Å². The van der Waals surface area contributed by atoms with E-state index in [1.165, 1.54) is 0 Å². The summed E-state index contributed by atoms with van der Waals surface area (Å²) in [6.45, 7) is 0. The van der Waals surface area contributed by atoms with Gasteiger partial charge in [-0.25, -0.2) is 4.98 Å². The third-order valence-electron chi connectivity index (χ3n) is 3.34. The topological polar surface area (TPSA) is 28.7 Å². The molecule has 2 heterocycles. The lowest BCUT2D eigenvalue weighted by atomic mass is 10.2. The van der Waals surface area contributed by atoms with Crippen LogP contribution in [0.2, 0.25) is 10.0 Å². The highest BCUT2D eigenvalue weighted by Crippen LogP contribution is 2.36. The summed E-state index contributed by atoms with van der Waals surface area (Å²) in [7, 11) is 0. The van der Waals surface area contributed by atoms with E-state index in [1.807, 2.05) is 42.5 Å². The summed E-state index contributed by atoms with van der Waals surface area (Å²) in [5.74, 6) is 0. The second-order valence-corrected chi connectivity index (χ2v) is 5.24. The molecule has 0 spiro atoms. The summed E-state index contributed by atoms with van der Waals surface area (Å²) in [6, 6.07) is 13.7. The van der Waals surface area contributed by atoms with Gasteiger partial charge < -0.3 is 4.98 Å². The van der Waals surface area contributed by atoms with Crippen molar-refractivity contribution in [2.45, 2.75) is 0 Å². The van der Waals surface area contributed by atoms with Crippen molar-refractivity contribution < 1.29 is 0 Å². The molecule has 0 aliphatic rings. The maximum Gasteiger partial charge on any atom is 0.0980 e. The maximum absolute atomic E-state index is 6.50. The Morgan fingerprint density at radius 2 is 1.79 bits per heavy atom. The van der Waals surface area contributed by atoms with Crippen molar-refractivity contribution in [1.82, 2.24) is 9.97 Å². The molecule has 92 valence electrons. The SMILES string of the molecule is Clc1cccc2nc3c([nH]c4ccccc43)c(Cl)c12. The Labute approximate surface area is 119 Å². The van der Waals surface area contributed by atoms with Gasteiger partial charge in [0.25, 0.3) is 0 Å². The van der Waals surface area contributed by atoms with Gasteiger partial charge in [0.05, 0.1) is 26.6 Å². The van der Waals surface area contributed by atoms with Crippen LogP contribution in [-0.2, 0) is 0 Å². The van der Waals surface area contributed by atoms with E-state index in [9.17, 15) is 0 Å². The molecule has 0 unspecified atom stereocenters. The third kappa shape index (κ3) is 1.47. The Morgan fingerprint density at radius 1 is 0.947 bits per heavy atom. The van der Waals surface area contributed by atoms with Crippen molar-refractivity contribution in [3.63, 3.8) is 0 Å². The molecule has 2 aromatic heterocycles. The Hall–Kier alpha value is -1.77. The predicted octanol–water partition coefficient (Wildman–Crippen LogP) is 5.18. The molecule has 0 fully saturated rings. The van der Waals surface area contributed by atoms with E-state index in [0.717, 1.165) is 32.8 Å². The molecule has 2 nitrogen and oxygen atoms in total. The van der Waals surface area contributed by atoms with Crippen LogP contribution in [0.1, 0.15) is 0 Å². The normalized spacial score (nSPS) is 11.7. The number of benzene rings is 2. The van der Waals surface area contributed by atoms with Crippen LogP contribution >= 0.6 is 23.2 Å². The molecule has 0 saturated heterocycles. The zero-order valence-corrected chi connectivity index (χ0v) is 11.3. The number of halogens is 2. The van der Waals surface area contributed by atoms with Crippen molar-refractivity contribution in [2.24, 2.45) is 0 Å². The van der Waals surface area contributed by atoms with Gasteiger partial charge in [-0.15, -0.1) is 0 Å². The molecule has 19 heavy (non-hydrogen) atoms. The third-order valence-corrected chi connectivity index (χ3v) is 4.03. The number of nitrogens with one attached hydrogen (secondary N) is 1. The number of H-pyrrole nitrogens is 1. The van der Waals surface area contributed by atoms with E-state index in [4.69, 9.17) is 23.2 Å². The van der Waals surface area contributed by atoms with E-state index in [1.54, 1.807) is 0 Å². The maximum atomic E-state index is 6.50. The molecular weight excluding hydrogens is 279 g/mol. The highest BCUT2D eigenvalue weighted by Gasteiger charge is 2.13. The Balaban J connectivity index is 2.33. The number of para-hydroxylation sites is 1. The second kappa shape index (κ2) is 3.86. The molecule has 0 atom stereocenters.